The number of rotatable bonds is 5. The third-order valence-electron chi connectivity index (χ3n) is 2.10. The molecule has 0 amide bonds. The lowest BCUT2D eigenvalue weighted by Crippen LogP contribution is -2.03. The van der Waals surface area contributed by atoms with Gasteiger partial charge in [0.1, 0.15) is 16.0 Å². The Kier molecular flexibility index (Phi) is 5.35. The number of methoxy groups -OCH3 is 2. The number of nitrogens with one attached hydrogen (secondary N) is 1. The Labute approximate surface area is 105 Å². The van der Waals surface area contributed by atoms with Gasteiger partial charge in [0.05, 0.1) is 14.2 Å². The fourth-order valence-corrected chi connectivity index (χ4v) is 1.85. The molecule has 0 saturated heterocycles. The topological polar surface area (TPSA) is 30.5 Å². The average molecular weight is 286 g/mol. The molecule has 0 radical (unpaired) electrons. The van der Waals surface area contributed by atoms with Gasteiger partial charge in [0, 0.05) is 6.54 Å². The maximum Gasteiger partial charge on any atom is 0.137 e. The maximum absolute atomic E-state index is 5.26. The highest BCUT2D eigenvalue weighted by atomic mass is 79.9. The van der Waals surface area contributed by atoms with Crippen molar-refractivity contribution in [1.29, 1.82) is 0 Å². The van der Waals surface area contributed by atoms with E-state index in [-0.39, 0.29) is 0 Å². The first-order valence-electron chi connectivity index (χ1n) is 4.95. The van der Waals surface area contributed by atoms with E-state index in [1.165, 1.54) is 0 Å². The lowest BCUT2D eigenvalue weighted by Gasteiger charge is -2.09. The van der Waals surface area contributed by atoms with Crippen LogP contribution in [0.1, 0.15) is 5.56 Å². The van der Waals surface area contributed by atoms with Crippen molar-refractivity contribution < 1.29 is 9.47 Å². The predicted octanol–water partition coefficient (Wildman–Crippen LogP) is 2.70. The van der Waals surface area contributed by atoms with Gasteiger partial charge in [-0.05, 0) is 40.7 Å². The molecule has 0 aromatic heterocycles. The number of hydrogen-bond donors (Lipinski definition) is 1. The second-order valence-electron chi connectivity index (χ2n) is 3.20. The molecule has 0 unspecified atom stereocenters. The van der Waals surface area contributed by atoms with Crippen molar-refractivity contribution in [1.82, 2.24) is 5.32 Å². The zero-order valence-electron chi connectivity index (χ0n) is 9.71. The van der Waals surface area contributed by atoms with Gasteiger partial charge >= 0.3 is 0 Å². The highest BCUT2D eigenvalue weighted by Gasteiger charge is 2.08. The number of halogens is 1. The van der Waals surface area contributed by atoms with Gasteiger partial charge in [0.25, 0.3) is 0 Å². The van der Waals surface area contributed by atoms with Crippen molar-refractivity contribution in [3.05, 3.63) is 28.2 Å². The van der Waals surface area contributed by atoms with Crippen LogP contribution in [0.15, 0.2) is 22.7 Å². The van der Waals surface area contributed by atoms with Crippen LogP contribution in [0, 0.1) is 0 Å². The van der Waals surface area contributed by atoms with Crippen molar-refractivity contribution in [3.63, 3.8) is 0 Å². The van der Waals surface area contributed by atoms with Crippen molar-refractivity contribution >= 4 is 22.0 Å². The van der Waals surface area contributed by atoms with Gasteiger partial charge in [-0.15, -0.1) is 0 Å². The smallest absolute Gasteiger partial charge is 0.137 e. The van der Waals surface area contributed by atoms with E-state index in [4.69, 9.17) is 9.47 Å². The van der Waals surface area contributed by atoms with Crippen molar-refractivity contribution in [3.8, 4) is 11.5 Å². The van der Waals surface area contributed by atoms with Crippen molar-refractivity contribution in [2.24, 2.45) is 0 Å². The lowest BCUT2D eigenvalue weighted by atomic mass is 10.2. The van der Waals surface area contributed by atoms with Gasteiger partial charge in [-0.3, -0.25) is 0 Å². The van der Waals surface area contributed by atoms with Gasteiger partial charge < -0.3 is 14.8 Å². The van der Waals surface area contributed by atoms with E-state index in [0.717, 1.165) is 28.1 Å². The molecule has 4 heteroatoms. The Hall–Kier alpha value is -1.00. The van der Waals surface area contributed by atoms with Gasteiger partial charge in [0.2, 0.25) is 0 Å². The molecule has 88 valence electrons. The molecule has 1 rings (SSSR count). The van der Waals surface area contributed by atoms with Crippen LogP contribution in [0.3, 0.4) is 0 Å². The molecular weight excluding hydrogens is 270 g/mol. The Morgan fingerprint density at radius 1 is 1.25 bits per heavy atom. The monoisotopic (exact) mass is 285 g/mol. The molecule has 1 N–H and O–H groups in total. The molecule has 0 aliphatic rings. The Morgan fingerprint density at radius 2 is 1.81 bits per heavy atom. The molecule has 0 aliphatic heterocycles. The summed E-state index contributed by atoms with van der Waals surface area (Å²) in [6, 6.07) is 3.91. The van der Waals surface area contributed by atoms with E-state index in [0.29, 0.717) is 0 Å². The largest absolute Gasteiger partial charge is 0.495 e. The molecule has 1 aromatic rings. The number of ether oxygens (including phenoxy) is 2. The first-order chi connectivity index (χ1) is 7.72. The van der Waals surface area contributed by atoms with E-state index in [2.05, 4.69) is 21.2 Å². The van der Waals surface area contributed by atoms with E-state index in [9.17, 15) is 0 Å². The molecule has 0 saturated carbocycles. The van der Waals surface area contributed by atoms with Gasteiger partial charge in [-0.2, -0.15) is 0 Å². The molecular formula is C12H16BrNO2. The Bertz CT molecular complexity index is 352. The fourth-order valence-electron chi connectivity index (χ4n) is 1.30. The summed E-state index contributed by atoms with van der Waals surface area (Å²) in [6.07, 6.45) is 4.07. The molecule has 1 aromatic carbocycles. The molecule has 3 nitrogen and oxygen atoms in total. The predicted molar refractivity (Wildman–Crippen MR) is 70.2 cm³/mol. The Morgan fingerprint density at radius 3 is 2.25 bits per heavy atom. The molecule has 0 atom stereocenters. The molecule has 0 heterocycles. The normalized spacial score (nSPS) is 10.8. The van der Waals surface area contributed by atoms with Gasteiger partial charge in [-0.1, -0.05) is 12.2 Å². The van der Waals surface area contributed by atoms with E-state index < -0.39 is 0 Å². The average Bonchev–Trinajstić information content (AvgIpc) is 2.31. The second kappa shape index (κ2) is 6.55. The van der Waals surface area contributed by atoms with Crippen LogP contribution >= 0.6 is 15.9 Å². The highest BCUT2D eigenvalue weighted by Crippen LogP contribution is 2.35. The summed E-state index contributed by atoms with van der Waals surface area (Å²) in [7, 11) is 5.19. The lowest BCUT2D eigenvalue weighted by molar-refractivity contribution is 0.389. The summed E-state index contributed by atoms with van der Waals surface area (Å²) in [5.74, 6) is 1.53. The molecule has 0 fully saturated rings. The maximum atomic E-state index is 5.26. The minimum absolute atomic E-state index is 0.767. The third kappa shape index (κ3) is 3.25. The van der Waals surface area contributed by atoms with Crippen LogP contribution < -0.4 is 14.8 Å². The van der Waals surface area contributed by atoms with Crippen molar-refractivity contribution in [2.75, 3.05) is 27.8 Å². The zero-order chi connectivity index (χ0) is 12.0. The van der Waals surface area contributed by atoms with Gasteiger partial charge in [-0.25, -0.2) is 0 Å². The standard InChI is InChI=1S/C12H16BrNO2/c1-14-6-4-5-9-7-10(15-2)12(13)11(8-9)16-3/h4-5,7-8,14H,6H2,1-3H3. The number of benzene rings is 1. The molecule has 0 bridgehead atoms. The van der Waals surface area contributed by atoms with E-state index in [1.807, 2.05) is 31.3 Å². The van der Waals surface area contributed by atoms with Crippen LogP contribution in [0.25, 0.3) is 6.08 Å². The highest BCUT2D eigenvalue weighted by molar-refractivity contribution is 9.10. The quantitative estimate of drug-likeness (QED) is 0.902. The summed E-state index contributed by atoms with van der Waals surface area (Å²) in [5, 5.41) is 3.05. The number of likely N-dealkylation sites (N-methyl/N-ethyl adjacent to an activating group) is 1. The van der Waals surface area contributed by atoms with Crippen LogP contribution in [0.4, 0.5) is 0 Å². The fraction of sp³-hybridized carbons (Fsp3) is 0.333. The first kappa shape index (κ1) is 13.1. The van der Waals surface area contributed by atoms with E-state index in [1.54, 1.807) is 14.2 Å². The SMILES string of the molecule is CNCC=Cc1cc(OC)c(Br)c(OC)c1. The summed E-state index contributed by atoms with van der Waals surface area (Å²) < 4.78 is 11.4. The van der Waals surface area contributed by atoms with E-state index >= 15 is 0 Å². The summed E-state index contributed by atoms with van der Waals surface area (Å²) in [4.78, 5) is 0. The van der Waals surface area contributed by atoms with Crippen LogP contribution in [-0.4, -0.2) is 27.8 Å². The minimum atomic E-state index is 0.767. The summed E-state index contributed by atoms with van der Waals surface area (Å²) >= 11 is 3.43. The van der Waals surface area contributed by atoms with Crippen LogP contribution in [0.2, 0.25) is 0 Å². The zero-order valence-corrected chi connectivity index (χ0v) is 11.3. The summed E-state index contributed by atoms with van der Waals surface area (Å²) in [6.45, 7) is 0.834. The molecule has 0 aliphatic carbocycles. The van der Waals surface area contributed by atoms with Crippen LogP contribution in [0.5, 0.6) is 11.5 Å². The van der Waals surface area contributed by atoms with Crippen molar-refractivity contribution in [2.45, 2.75) is 0 Å². The second-order valence-corrected chi connectivity index (χ2v) is 3.99. The minimum Gasteiger partial charge on any atom is -0.495 e. The first-order valence-corrected chi connectivity index (χ1v) is 5.75. The third-order valence-corrected chi connectivity index (χ3v) is 2.88. The summed E-state index contributed by atoms with van der Waals surface area (Å²) in [5.41, 5.74) is 1.05. The van der Waals surface area contributed by atoms with Crippen LogP contribution in [-0.2, 0) is 0 Å². The molecule has 0 spiro atoms. The molecule has 16 heavy (non-hydrogen) atoms. The van der Waals surface area contributed by atoms with Gasteiger partial charge in [0.15, 0.2) is 0 Å². The number of hydrogen-bond acceptors (Lipinski definition) is 3. The Balaban J connectivity index is 3.02.